The lowest BCUT2D eigenvalue weighted by Gasteiger charge is -2.23. The third-order valence-corrected chi connectivity index (χ3v) is 6.50. The molecule has 150 valence electrons. The van der Waals surface area contributed by atoms with E-state index >= 15 is 0 Å². The molecule has 6 heteroatoms. The highest BCUT2D eigenvalue weighted by Crippen LogP contribution is 2.36. The number of aromatic nitrogens is 4. The van der Waals surface area contributed by atoms with E-state index < -0.39 is 0 Å². The molecule has 0 aliphatic heterocycles. The van der Waals surface area contributed by atoms with Gasteiger partial charge in [-0.3, -0.25) is 4.79 Å². The van der Waals surface area contributed by atoms with Crippen molar-refractivity contribution in [3.63, 3.8) is 0 Å². The average Bonchev–Trinajstić information content (AvgIpc) is 3.21. The van der Waals surface area contributed by atoms with Crippen LogP contribution in [0.2, 0.25) is 0 Å². The van der Waals surface area contributed by atoms with Crippen LogP contribution < -0.4 is 5.32 Å². The van der Waals surface area contributed by atoms with Gasteiger partial charge < -0.3 is 5.32 Å². The number of carbonyl (C=O) groups excluding carboxylic acids is 1. The number of anilines is 1. The molecule has 0 unspecified atom stereocenters. The molecule has 0 spiro atoms. The van der Waals surface area contributed by atoms with Crippen LogP contribution in [0, 0.1) is 0 Å². The minimum absolute atomic E-state index is 0.292. The average molecular weight is 390 g/mol. The number of benzene rings is 1. The fraction of sp³-hybridized carbons (Fsp3) is 0.478. The number of Topliss-reactive ketones (excluding diaryl/α,β-unsaturated/α-hetero) is 1. The van der Waals surface area contributed by atoms with Crippen molar-refractivity contribution in [2.75, 3.05) is 5.32 Å². The molecule has 5 rings (SSSR count). The first kappa shape index (κ1) is 18.3. The van der Waals surface area contributed by atoms with Crippen LogP contribution in [0.5, 0.6) is 0 Å². The summed E-state index contributed by atoms with van der Waals surface area (Å²) < 4.78 is 1.81. The summed E-state index contributed by atoms with van der Waals surface area (Å²) in [4.78, 5) is 21.6. The molecular formula is C23H27N5O. The summed E-state index contributed by atoms with van der Waals surface area (Å²) in [5.41, 5.74) is 3.84. The second-order valence-electron chi connectivity index (χ2n) is 8.94. The fourth-order valence-electron chi connectivity index (χ4n) is 4.72. The first-order valence-electron chi connectivity index (χ1n) is 10.6. The van der Waals surface area contributed by atoms with Gasteiger partial charge in [0.2, 0.25) is 0 Å². The number of carbonyl (C=O) groups is 1. The third kappa shape index (κ3) is 3.30. The summed E-state index contributed by atoms with van der Waals surface area (Å²) in [6.07, 6.45) is 11.0. The number of nitrogens with one attached hydrogen (secondary N) is 1. The Morgan fingerprint density at radius 1 is 1.21 bits per heavy atom. The zero-order valence-corrected chi connectivity index (χ0v) is 17.1. The molecule has 1 N–H and O–H groups in total. The van der Waals surface area contributed by atoms with E-state index in [2.05, 4.69) is 33.6 Å². The molecule has 1 saturated carbocycles. The number of rotatable bonds is 4. The quantitative estimate of drug-likeness (QED) is 0.733. The SMILES string of the molecule is CC1(C)C(=O)Cc2cc(Cc3nc4c(NC5CCCCC5)nccn4n3)ccc21. The Morgan fingerprint density at radius 3 is 2.86 bits per heavy atom. The minimum Gasteiger partial charge on any atom is -0.364 e. The van der Waals surface area contributed by atoms with E-state index in [0.29, 0.717) is 24.7 Å². The molecule has 2 aromatic heterocycles. The van der Waals surface area contributed by atoms with Crippen LogP contribution in [0.25, 0.3) is 5.65 Å². The van der Waals surface area contributed by atoms with Crippen molar-refractivity contribution in [1.82, 2.24) is 19.6 Å². The van der Waals surface area contributed by atoms with E-state index in [4.69, 9.17) is 4.98 Å². The van der Waals surface area contributed by atoms with Gasteiger partial charge in [-0.05, 0) is 43.4 Å². The van der Waals surface area contributed by atoms with Gasteiger partial charge in [-0.25, -0.2) is 14.5 Å². The Bertz CT molecular complexity index is 1080. The van der Waals surface area contributed by atoms with Crippen LogP contribution in [0.3, 0.4) is 0 Å². The third-order valence-electron chi connectivity index (χ3n) is 6.50. The highest BCUT2D eigenvalue weighted by atomic mass is 16.1. The number of ketones is 1. The van der Waals surface area contributed by atoms with Gasteiger partial charge in [0.15, 0.2) is 17.3 Å². The van der Waals surface area contributed by atoms with Crippen LogP contribution in [0.1, 0.15) is 68.5 Å². The van der Waals surface area contributed by atoms with Gasteiger partial charge in [-0.1, -0.05) is 37.5 Å². The smallest absolute Gasteiger partial charge is 0.198 e. The molecule has 0 saturated heterocycles. The normalized spacial score (nSPS) is 18.9. The van der Waals surface area contributed by atoms with Crippen molar-refractivity contribution in [2.24, 2.45) is 0 Å². The summed E-state index contributed by atoms with van der Waals surface area (Å²) >= 11 is 0. The van der Waals surface area contributed by atoms with E-state index in [0.717, 1.165) is 34.0 Å². The maximum atomic E-state index is 12.3. The summed E-state index contributed by atoms with van der Waals surface area (Å²) in [7, 11) is 0. The lowest BCUT2D eigenvalue weighted by molar-refractivity contribution is -0.121. The van der Waals surface area contributed by atoms with Crippen LogP contribution in [0.15, 0.2) is 30.6 Å². The topological polar surface area (TPSA) is 72.2 Å². The summed E-state index contributed by atoms with van der Waals surface area (Å²) in [5, 5.41) is 8.23. The zero-order chi connectivity index (χ0) is 20.0. The van der Waals surface area contributed by atoms with Gasteiger partial charge in [0.25, 0.3) is 0 Å². The Morgan fingerprint density at radius 2 is 2.03 bits per heavy atom. The predicted octanol–water partition coefficient (Wildman–Crippen LogP) is 3.86. The standard InChI is InChI=1S/C23H27N5O/c1-23(2)18-9-8-15(12-16(18)14-19(23)29)13-20-26-22-21(24-10-11-28(22)27-20)25-17-6-4-3-5-7-17/h8-12,17H,3-7,13-14H2,1-2H3,(H,24,25). The number of hydrogen-bond donors (Lipinski definition) is 1. The molecule has 3 aromatic rings. The summed E-state index contributed by atoms with van der Waals surface area (Å²) in [5.74, 6) is 1.88. The molecule has 0 bridgehead atoms. The van der Waals surface area contributed by atoms with Crippen LogP contribution in [0.4, 0.5) is 5.82 Å². The molecule has 0 atom stereocenters. The fourth-order valence-corrected chi connectivity index (χ4v) is 4.72. The van der Waals surface area contributed by atoms with Crippen molar-refractivity contribution >= 4 is 17.2 Å². The van der Waals surface area contributed by atoms with Gasteiger partial charge in [-0.2, -0.15) is 5.10 Å². The number of nitrogens with zero attached hydrogens (tertiary/aromatic N) is 4. The lowest BCUT2D eigenvalue weighted by atomic mass is 9.85. The first-order chi connectivity index (χ1) is 14.0. The molecular weight excluding hydrogens is 362 g/mol. The number of fused-ring (bicyclic) bond motifs is 2. The molecule has 0 radical (unpaired) electrons. The summed E-state index contributed by atoms with van der Waals surface area (Å²) in [6.45, 7) is 4.02. The van der Waals surface area contributed by atoms with E-state index in [1.807, 2.05) is 24.6 Å². The lowest BCUT2D eigenvalue weighted by Crippen LogP contribution is -2.23. The summed E-state index contributed by atoms with van der Waals surface area (Å²) in [6, 6.07) is 6.82. The Hall–Kier alpha value is -2.76. The van der Waals surface area contributed by atoms with Gasteiger partial charge in [0.1, 0.15) is 5.78 Å². The maximum Gasteiger partial charge on any atom is 0.198 e. The predicted molar refractivity (Wildman–Crippen MR) is 112 cm³/mol. The van der Waals surface area contributed by atoms with E-state index in [9.17, 15) is 4.79 Å². The minimum atomic E-state index is -0.374. The van der Waals surface area contributed by atoms with Crippen LogP contribution >= 0.6 is 0 Å². The Kier molecular flexibility index (Phi) is 4.37. The second kappa shape index (κ2) is 6.94. The highest BCUT2D eigenvalue weighted by molar-refractivity contribution is 5.95. The molecule has 6 nitrogen and oxygen atoms in total. The molecule has 0 amide bonds. The van der Waals surface area contributed by atoms with Crippen molar-refractivity contribution in [2.45, 2.75) is 70.3 Å². The largest absolute Gasteiger partial charge is 0.364 e. The van der Waals surface area contributed by atoms with Crippen LogP contribution in [-0.4, -0.2) is 31.4 Å². The highest BCUT2D eigenvalue weighted by Gasteiger charge is 2.37. The molecule has 1 aromatic carbocycles. The molecule has 1 fully saturated rings. The van der Waals surface area contributed by atoms with Crippen molar-refractivity contribution in [3.8, 4) is 0 Å². The molecule has 29 heavy (non-hydrogen) atoms. The van der Waals surface area contributed by atoms with E-state index in [1.54, 1.807) is 6.20 Å². The second-order valence-corrected chi connectivity index (χ2v) is 8.94. The van der Waals surface area contributed by atoms with Crippen molar-refractivity contribution < 1.29 is 4.79 Å². The van der Waals surface area contributed by atoms with Crippen molar-refractivity contribution in [1.29, 1.82) is 0 Å². The van der Waals surface area contributed by atoms with Crippen molar-refractivity contribution in [3.05, 3.63) is 53.1 Å². The van der Waals surface area contributed by atoms with Gasteiger partial charge in [0, 0.05) is 36.7 Å². The molecule has 2 aliphatic rings. The Labute approximate surface area is 170 Å². The zero-order valence-electron chi connectivity index (χ0n) is 17.1. The maximum absolute atomic E-state index is 12.3. The van der Waals surface area contributed by atoms with Gasteiger partial charge in [0.05, 0.1) is 0 Å². The molecule has 2 aliphatic carbocycles. The monoisotopic (exact) mass is 389 g/mol. The Balaban J connectivity index is 1.40. The van der Waals surface area contributed by atoms with Gasteiger partial charge >= 0.3 is 0 Å². The van der Waals surface area contributed by atoms with E-state index in [-0.39, 0.29) is 5.41 Å². The van der Waals surface area contributed by atoms with Gasteiger partial charge in [-0.15, -0.1) is 0 Å². The first-order valence-corrected chi connectivity index (χ1v) is 10.6. The molecule has 2 heterocycles. The van der Waals surface area contributed by atoms with Crippen LogP contribution in [-0.2, 0) is 23.1 Å². The van der Waals surface area contributed by atoms with E-state index in [1.165, 1.54) is 32.1 Å². The number of hydrogen-bond acceptors (Lipinski definition) is 5.